The number of benzene rings is 1. The Morgan fingerprint density at radius 1 is 1.20 bits per heavy atom. The van der Waals surface area contributed by atoms with Crippen molar-refractivity contribution in [1.82, 2.24) is 9.29 Å². The number of rotatable bonds is 3. The lowest BCUT2D eigenvalue weighted by molar-refractivity contribution is 0.197. The predicted octanol–water partition coefficient (Wildman–Crippen LogP) is 2.36. The van der Waals surface area contributed by atoms with Crippen LogP contribution in [0.3, 0.4) is 0 Å². The van der Waals surface area contributed by atoms with E-state index < -0.39 is 16.1 Å². The van der Waals surface area contributed by atoms with E-state index in [0.717, 1.165) is 0 Å². The molecule has 0 saturated carbocycles. The van der Waals surface area contributed by atoms with E-state index in [2.05, 4.69) is 4.98 Å². The molecule has 0 bridgehead atoms. The summed E-state index contributed by atoms with van der Waals surface area (Å²) in [6.45, 7) is 0.399. The fourth-order valence-electron chi connectivity index (χ4n) is 2.34. The molecular formula is C14H13FN2O2S. The Morgan fingerprint density at radius 3 is 2.60 bits per heavy atom. The van der Waals surface area contributed by atoms with Crippen LogP contribution in [0.4, 0.5) is 4.39 Å². The summed E-state index contributed by atoms with van der Waals surface area (Å²) < 4.78 is 40.1. The largest absolute Gasteiger partial charge is 0.263 e. The van der Waals surface area contributed by atoms with Crippen molar-refractivity contribution in [2.75, 3.05) is 6.54 Å². The van der Waals surface area contributed by atoms with Crippen LogP contribution in [0.25, 0.3) is 0 Å². The molecule has 2 heterocycles. The second-order valence-electron chi connectivity index (χ2n) is 4.63. The Bertz CT molecular complexity index is 719. The zero-order chi connectivity index (χ0) is 14.2. The van der Waals surface area contributed by atoms with E-state index in [1.54, 1.807) is 24.3 Å². The van der Waals surface area contributed by atoms with Gasteiger partial charge in [0.1, 0.15) is 10.7 Å². The van der Waals surface area contributed by atoms with Gasteiger partial charge in [0.25, 0.3) is 0 Å². The SMILES string of the molecule is O=S(=O)(c1cccnc1)N1CCC1c1ccccc1F. The molecular weight excluding hydrogens is 279 g/mol. The van der Waals surface area contributed by atoms with Crippen molar-refractivity contribution in [3.63, 3.8) is 0 Å². The van der Waals surface area contributed by atoms with Crippen molar-refractivity contribution in [2.45, 2.75) is 17.4 Å². The van der Waals surface area contributed by atoms with Crippen LogP contribution >= 0.6 is 0 Å². The molecule has 1 unspecified atom stereocenters. The fourth-order valence-corrected chi connectivity index (χ4v) is 3.96. The molecule has 0 spiro atoms. The number of halogens is 1. The minimum absolute atomic E-state index is 0.140. The number of nitrogens with zero attached hydrogens (tertiary/aromatic N) is 2. The van der Waals surface area contributed by atoms with Crippen LogP contribution in [0.2, 0.25) is 0 Å². The molecule has 20 heavy (non-hydrogen) atoms. The highest BCUT2D eigenvalue weighted by Crippen LogP contribution is 2.38. The first kappa shape index (κ1) is 13.2. The van der Waals surface area contributed by atoms with Crippen molar-refractivity contribution in [1.29, 1.82) is 0 Å². The van der Waals surface area contributed by atoms with E-state index in [-0.39, 0.29) is 10.7 Å². The zero-order valence-electron chi connectivity index (χ0n) is 10.6. The third kappa shape index (κ3) is 2.10. The highest BCUT2D eigenvalue weighted by molar-refractivity contribution is 7.89. The summed E-state index contributed by atoms with van der Waals surface area (Å²) in [5, 5.41) is 0. The van der Waals surface area contributed by atoms with Gasteiger partial charge in [-0.15, -0.1) is 0 Å². The molecule has 1 aromatic carbocycles. The first-order valence-corrected chi connectivity index (χ1v) is 7.71. The summed E-state index contributed by atoms with van der Waals surface area (Å²) in [6, 6.07) is 8.93. The quantitative estimate of drug-likeness (QED) is 0.872. The molecule has 0 radical (unpaired) electrons. The molecule has 1 aliphatic heterocycles. The Balaban J connectivity index is 1.95. The van der Waals surface area contributed by atoms with E-state index >= 15 is 0 Å². The van der Waals surface area contributed by atoms with E-state index in [0.29, 0.717) is 18.5 Å². The average molecular weight is 292 g/mol. The van der Waals surface area contributed by atoms with Crippen LogP contribution < -0.4 is 0 Å². The van der Waals surface area contributed by atoms with Gasteiger partial charge in [-0.3, -0.25) is 4.98 Å². The van der Waals surface area contributed by atoms with Crippen LogP contribution in [-0.2, 0) is 10.0 Å². The standard InChI is InChI=1S/C14H13FN2O2S/c15-13-6-2-1-5-12(13)14-7-9-17(14)20(18,19)11-4-3-8-16-10-11/h1-6,8,10,14H,7,9H2. The van der Waals surface area contributed by atoms with Gasteiger partial charge in [0, 0.05) is 24.5 Å². The molecule has 3 rings (SSSR count). The zero-order valence-corrected chi connectivity index (χ0v) is 11.4. The van der Waals surface area contributed by atoms with Gasteiger partial charge in [-0.25, -0.2) is 12.8 Å². The molecule has 0 amide bonds. The van der Waals surface area contributed by atoms with Crippen molar-refractivity contribution >= 4 is 10.0 Å². The van der Waals surface area contributed by atoms with E-state index in [9.17, 15) is 12.8 Å². The maximum atomic E-state index is 13.8. The lowest BCUT2D eigenvalue weighted by atomic mass is 9.97. The lowest BCUT2D eigenvalue weighted by Gasteiger charge is -2.39. The maximum Gasteiger partial charge on any atom is 0.245 e. The molecule has 1 fully saturated rings. The van der Waals surface area contributed by atoms with E-state index in [1.165, 1.54) is 28.8 Å². The summed E-state index contributed by atoms with van der Waals surface area (Å²) in [5.74, 6) is -0.372. The minimum Gasteiger partial charge on any atom is -0.263 e. The predicted molar refractivity (Wildman–Crippen MR) is 71.9 cm³/mol. The van der Waals surface area contributed by atoms with Gasteiger partial charge in [0.15, 0.2) is 0 Å². The van der Waals surface area contributed by atoms with Crippen molar-refractivity contribution in [3.05, 3.63) is 60.2 Å². The van der Waals surface area contributed by atoms with Gasteiger partial charge in [-0.2, -0.15) is 4.31 Å². The molecule has 104 valence electrons. The van der Waals surface area contributed by atoms with Crippen LogP contribution in [0.5, 0.6) is 0 Å². The second-order valence-corrected chi connectivity index (χ2v) is 6.52. The second kappa shape index (κ2) is 4.96. The average Bonchev–Trinajstić information content (AvgIpc) is 2.41. The summed E-state index contributed by atoms with van der Waals surface area (Å²) in [7, 11) is -3.61. The summed E-state index contributed by atoms with van der Waals surface area (Å²) in [6.07, 6.45) is 3.45. The number of hydrogen-bond acceptors (Lipinski definition) is 3. The van der Waals surface area contributed by atoms with Gasteiger partial charge in [-0.05, 0) is 24.6 Å². The number of pyridine rings is 1. The van der Waals surface area contributed by atoms with Crippen LogP contribution in [0, 0.1) is 5.82 Å². The fraction of sp³-hybridized carbons (Fsp3) is 0.214. The van der Waals surface area contributed by atoms with Crippen LogP contribution in [-0.4, -0.2) is 24.3 Å². The monoisotopic (exact) mass is 292 g/mol. The summed E-state index contributed by atoms with van der Waals surface area (Å²) in [5.41, 5.74) is 0.422. The van der Waals surface area contributed by atoms with Gasteiger partial charge in [0.05, 0.1) is 6.04 Å². The molecule has 6 heteroatoms. The van der Waals surface area contributed by atoms with E-state index in [4.69, 9.17) is 0 Å². The molecule has 1 aliphatic rings. The van der Waals surface area contributed by atoms with Gasteiger partial charge in [-0.1, -0.05) is 18.2 Å². The first-order valence-electron chi connectivity index (χ1n) is 6.27. The molecule has 1 saturated heterocycles. The Morgan fingerprint density at radius 2 is 2.00 bits per heavy atom. The minimum atomic E-state index is -3.61. The van der Waals surface area contributed by atoms with Gasteiger partial charge < -0.3 is 0 Å². The highest BCUT2D eigenvalue weighted by Gasteiger charge is 2.40. The van der Waals surface area contributed by atoms with Crippen molar-refractivity contribution in [2.24, 2.45) is 0 Å². The summed E-state index contributed by atoms with van der Waals surface area (Å²) >= 11 is 0. The first-order chi connectivity index (χ1) is 9.60. The van der Waals surface area contributed by atoms with E-state index in [1.807, 2.05) is 0 Å². The molecule has 2 aromatic rings. The molecule has 1 atom stereocenters. The number of sulfonamides is 1. The number of aromatic nitrogens is 1. The Labute approximate surface area is 116 Å². The molecule has 4 nitrogen and oxygen atoms in total. The lowest BCUT2D eigenvalue weighted by Crippen LogP contribution is -2.45. The van der Waals surface area contributed by atoms with Crippen LogP contribution in [0.15, 0.2) is 53.7 Å². The third-order valence-corrected chi connectivity index (χ3v) is 5.37. The topological polar surface area (TPSA) is 50.3 Å². The maximum absolute atomic E-state index is 13.8. The molecule has 0 N–H and O–H groups in total. The van der Waals surface area contributed by atoms with Gasteiger partial charge in [0.2, 0.25) is 10.0 Å². The van der Waals surface area contributed by atoms with Crippen molar-refractivity contribution in [3.8, 4) is 0 Å². The normalized spacial score (nSPS) is 19.6. The Hall–Kier alpha value is -1.79. The smallest absolute Gasteiger partial charge is 0.245 e. The Kier molecular flexibility index (Phi) is 3.27. The number of hydrogen-bond donors (Lipinski definition) is 0. The molecule has 0 aliphatic carbocycles. The molecule has 1 aromatic heterocycles. The van der Waals surface area contributed by atoms with Crippen molar-refractivity contribution < 1.29 is 12.8 Å². The highest BCUT2D eigenvalue weighted by atomic mass is 32.2. The summed E-state index contributed by atoms with van der Waals surface area (Å²) in [4.78, 5) is 3.97. The third-order valence-electron chi connectivity index (χ3n) is 3.48. The van der Waals surface area contributed by atoms with Gasteiger partial charge >= 0.3 is 0 Å². The van der Waals surface area contributed by atoms with Crippen LogP contribution in [0.1, 0.15) is 18.0 Å².